The second-order valence-electron chi connectivity index (χ2n) is 3.83. The molecule has 0 amide bonds. The number of rotatable bonds is 2. The molecule has 84 valence electrons. The third-order valence-corrected chi connectivity index (χ3v) is 3.00. The Balaban J connectivity index is 1.88. The molecule has 2 aromatic heterocycles. The van der Waals surface area contributed by atoms with E-state index in [2.05, 4.69) is 15.0 Å². The van der Waals surface area contributed by atoms with Crippen molar-refractivity contribution in [3.05, 3.63) is 23.6 Å². The number of hydrogen-bond donors (Lipinski definition) is 0. The Morgan fingerprint density at radius 3 is 3.00 bits per heavy atom. The maximum absolute atomic E-state index is 5.73. The third-order valence-electron chi connectivity index (χ3n) is 2.84. The summed E-state index contributed by atoms with van der Waals surface area (Å²) in [5, 5.41) is 4.34. The second-order valence-corrected chi connectivity index (χ2v) is 4.17. The predicted molar refractivity (Wildman–Crippen MR) is 61.0 cm³/mol. The fourth-order valence-electron chi connectivity index (χ4n) is 1.83. The Bertz CT molecular complexity index is 521. The van der Waals surface area contributed by atoms with Crippen LogP contribution in [0.4, 0.5) is 5.69 Å². The summed E-state index contributed by atoms with van der Waals surface area (Å²) >= 11 is 5.73. The molecule has 3 rings (SSSR count). The van der Waals surface area contributed by atoms with Crippen molar-refractivity contribution in [2.45, 2.75) is 6.10 Å². The monoisotopic (exact) mass is 238 g/mol. The number of nitrogens with zero attached hydrogens (tertiary/aromatic N) is 4. The van der Waals surface area contributed by atoms with Crippen LogP contribution in [-0.4, -0.2) is 40.9 Å². The van der Waals surface area contributed by atoms with Gasteiger partial charge in [0.05, 0.1) is 18.0 Å². The molecule has 0 aromatic carbocycles. The summed E-state index contributed by atoms with van der Waals surface area (Å²) in [5.41, 5.74) is 1.87. The van der Waals surface area contributed by atoms with Gasteiger partial charge in [0, 0.05) is 20.2 Å². The van der Waals surface area contributed by atoms with Crippen LogP contribution in [0.3, 0.4) is 0 Å². The lowest BCUT2D eigenvalue weighted by Crippen LogP contribution is -2.51. The summed E-state index contributed by atoms with van der Waals surface area (Å²) in [6.45, 7) is 1.84. The number of hydrogen-bond acceptors (Lipinski definition) is 4. The maximum atomic E-state index is 5.73. The lowest BCUT2D eigenvalue weighted by molar-refractivity contribution is 0.0787. The van der Waals surface area contributed by atoms with E-state index >= 15 is 0 Å². The Morgan fingerprint density at radius 2 is 2.25 bits per heavy atom. The van der Waals surface area contributed by atoms with Gasteiger partial charge < -0.3 is 9.64 Å². The first-order chi connectivity index (χ1) is 7.76. The highest BCUT2D eigenvalue weighted by atomic mass is 35.5. The first-order valence-corrected chi connectivity index (χ1v) is 5.44. The molecule has 0 N–H and O–H groups in total. The second kappa shape index (κ2) is 3.61. The fourth-order valence-corrected chi connectivity index (χ4v) is 2.00. The van der Waals surface area contributed by atoms with Crippen LogP contribution >= 0.6 is 11.6 Å². The van der Waals surface area contributed by atoms with Gasteiger partial charge in [-0.2, -0.15) is 4.98 Å². The zero-order valence-corrected chi connectivity index (χ0v) is 9.55. The number of anilines is 1. The topological polar surface area (TPSA) is 42.7 Å². The molecule has 0 spiro atoms. The van der Waals surface area contributed by atoms with Gasteiger partial charge in [0.1, 0.15) is 0 Å². The van der Waals surface area contributed by atoms with Crippen molar-refractivity contribution in [1.29, 1.82) is 0 Å². The minimum absolute atomic E-state index is 0.274. The molecule has 0 unspecified atom stereocenters. The summed E-state index contributed by atoms with van der Waals surface area (Å²) in [6.07, 6.45) is 2.27. The molecule has 6 heteroatoms. The summed E-state index contributed by atoms with van der Waals surface area (Å²) in [5.74, 6) is 0. The van der Waals surface area contributed by atoms with Crippen LogP contribution in [0.5, 0.6) is 0 Å². The molecule has 3 heterocycles. The summed E-state index contributed by atoms with van der Waals surface area (Å²) in [4.78, 5) is 6.29. The smallest absolute Gasteiger partial charge is 0.243 e. The molecule has 1 aliphatic rings. The van der Waals surface area contributed by atoms with Gasteiger partial charge in [0.25, 0.3) is 0 Å². The van der Waals surface area contributed by atoms with Crippen LogP contribution in [0.1, 0.15) is 0 Å². The zero-order chi connectivity index (χ0) is 11.1. The number of ether oxygens (including phenoxy) is 1. The van der Waals surface area contributed by atoms with E-state index < -0.39 is 0 Å². The van der Waals surface area contributed by atoms with Crippen LogP contribution in [0.2, 0.25) is 5.28 Å². The normalized spacial score (nSPS) is 16.8. The maximum Gasteiger partial charge on any atom is 0.243 e. The van der Waals surface area contributed by atoms with Gasteiger partial charge in [-0.25, -0.2) is 4.52 Å². The molecule has 1 aliphatic heterocycles. The zero-order valence-electron chi connectivity index (χ0n) is 8.80. The van der Waals surface area contributed by atoms with Gasteiger partial charge in [-0.15, -0.1) is 5.10 Å². The van der Waals surface area contributed by atoms with Crippen molar-refractivity contribution in [3.63, 3.8) is 0 Å². The molecule has 0 atom stereocenters. The lowest BCUT2D eigenvalue weighted by Gasteiger charge is -2.39. The summed E-state index contributed by atoms with van der Waals surface area (Å²) in [6, 6.07) is 3.93. The highest BCUT2D eigenvalue weighted by molar-refractivity contribution is 6.28. The average Bonchev–Trinajstić information content (AvgIpc) is 2.55. The van der Waals surface area contributed by atoms with Gasteiger partial charge in [0.15, 0.2) is 5.65 Å². The molecule has 2 aromatic rings. The van der Waals surface area contributed by atoms with Gasteiger partial charge >= 0.3 is 0 Å². The van der Waals surface area contributed by atoms with Crippen LogP contribution in [0, 0.1) is 0 Å². The van der Waals surface area contributed by atoms with Crippen molar-refractivity contribution in [2.24, 2.45) is 0 Å². The van der Waals surface area contributed by atoms with E-state index in [4.69, 9.17) is 16.3 Å². The molecule has 5 nitrogen and oxygen atoms in total. The van der Waals surface area contributed by atoms with E-state index in [0.717, 1.165) is 24.4 Å². The summed E-state index contributed by atoms with van der Waals surface area (Å²) < 4.78 is 6.92. The number of fused-ring (bicyclic) bond motifs is 1. The number of methoxy groups -OCH3 is 1. The fraction of sp³-hybridized carbons (Fsp3) is 0.400. The number of halogens is 1. The Hall–Kier alpha value is -1.33. The van der Waals surface area contributed by atoms with Gasteiger partial charge in [-0.3, -0.25) is 0 Å². The van der Waals surface area contributed by atoms with E-state index in [9.17, 15) is 0 Å². The Morgan fingerprint density at radius 1 is 1.44 bits per heavy atom. The van der Waals surface area contributed by atoms with Gasteiger partial charge in [-0.05, 0) is 23.7 Å². The molecular weight excluding hydrogens is 228 g/mol. The first-order valence-electron chi connectivity index (χ1n) is 5.06. The Labute approximate surface area is 97.6 Å². The van der Waals surface area contributed by atoms with Crippen molar-refractivity contribution in [3.8, 4) is 0 Å². The SMILES string of the molecule is COC1CN(c2ccc3nc(Cl)nn3c2)C1. The molecule has 1 fully saturated rings. The molecule has 0 saturated carbocycles. The molecule has 16 heavy (non-hydrogen) atoms. The van der Waals surface area contributed by atoms with Crippen molar-refractivity contribution >= 4 is 22.9 Å². The lowest BCUT2D eigenvalue weighted by atomic mass is 10.1. The molecule has 0 radical (unpaired) electrons. The van der Waals surface area contributed by atoms with E-state index in [-0.39, 0.29) is 5.28 Å². The van der Waals surface area contributed by atoms with E-state index in [1.807, 2.05) is 18.3 Å². The molecule has 0 aliphatic carbocycles. The predicted octanol–water partition coefficient (Wildman–Crippen LogP) is 1.22. The van der Waals surface area contributed by atoms with E-state index in [1.54, 1.807) is 11.6 Å². The van der Waals surface area contributed by atoms with Crippen LogP contribution in [-0.2, 0) is 4.74 Å². The largest absolute Gasteiger partial charge is 0.378 e. The average molecular weight is 239 g/mol. The molecular formula is C10H11ClN4O. The van der Waals surface area contributed by atoms with Crippen LogP contribution < -0.4 is 4.90 Å². The highest BCUT2D eigenvalue weighted by Gasteiger charge is 2.26. The minimum atomic E-state index is 0.274. The molecule has 0 bridgehead atoms. The minimum Gasteiger partial charge on any atom is -0.378 e. The quantitative estimate of drug-likeness (QED) is 0.789. The van der Waals surface area contributed by atoms with Crippen molar-refractivity contribution < 1.29 is 4.74 Å². The van der Waals surface area contributed by atoms with E-state index in [1.165, 1.54) is 0 Å². The molecule has 1 saturated heterocycles. The van der Waals surface area contributed by atoms with Crippen LogP contribution in [0.25, 0.3) is 5.65 Å². The highest BCUT2D eigenvalue weighted by Crippen LogP contribution is 2.22. The van der Waals surface area contributed by atoms with Gasteiger partial charge in [0.2, 0.25) is 5.28 Å². The standard InChI is InChI=1S/C10H11ClN4O/c1-16-8-5-14(6-8)7-2-3-9-12-10(11)13-15(9)4-7/h2-4,8H,5-6H2,1H3. The number of pyridine rings is 1. The first kappa shape index (κ1) is 9.86. The Kier molecular flexibility index (Phi) is 2.22. The van der Waals surface area contributed by atoms with Gasteiger partial charge in [-0.1, -0.05) is 0 Å². The number of aromatic nitrogens is 3. The van der Waals surface area contributed by atoms with Crippen LogP contribution in [0.15, 0.2) is 18.3 Å². The van der Waals surface area contributed by atoms with E-state index in [0.29, 0.717) is 6.10 Å². The van der Waals surface area contributed by atoms with Crippen molar-refractivity contribution in [2.75, 3.05) is 25.1 Å². The third kappa shape index (κ3) is 1.52. The van der Waals surface area contributed by atoms with Crippen molar-refractivity contribution in [1.82, 2.24) is 14.6 Å². The summed E-state index contributed by atoms with van der Waals surface area (Å²) in [7, 11) is 1.74.